The maximum atomic E-state index is 5.99. The van der Waals surface area contributed by atoms with E-state index in [1.807, 2.05) is 0 Å². The fourth-order valence-electron chi connectivity index (χ4n) is 2.69. The molecule has 4 nitrogen and oxygen atoms in total. The minimum Gasteiger partial charge on any atom is -0.493 e. The normalized spacial score (nSPS) is 22.5. The average Bonchev–Trinajstić information content (AvgIpc) is 2.91. The zero-order chi connectivity index (χ0) is 13.7. The van der Waals surface area contributed by atoms with E-state index in [4.69, 9.17) is 21.1 Å². The molecule has 1 saturated carbocycles. The van der Waals surface area contributed by atoms with Gasteiger partial charge in [-0.1, -0.05) is 6.42 Å². The Labute approximate surface area is 119 Å². The molecule has 0 amide bonds. The van der Waals surface area contributed by atoms with Crippen LogP contribution in [0.3, 0.4) is 0 Å². The van der Waals surface area contributed by atoms with Crippen molar-refractivity contribution >= 4 is 11.6 Å². The lowest BCUT2D eigenvalue weighted by molar-refractivity contribution is 0.345. The van der Waals surface area contributed by atoms with Crippen LogP contribution in [0, 0.1) is 5.92 Å². The standard InChI is InChI=1S/C14H21ClN2O2/c1-18-13-6-7-16-12(14(13)19-2)9-17-11-5-3-4-10(11)8-15/h6-7,10-11,17H,3-5,8-9H2,1-2H3. The minimum atomic E-state index is 0.482. The number of aromatic nitrogens is 1. The van der Waals surface area contributed by atoms with Crippen molar-refractivity contribution in [3.63, 3.8) is 0 Å². The second kappa shape index (κ2) is 6.96. The Morgan fingerprint density at radius 2 is 2.21 bits per heavy atom. The zero-order valence-electron chi connectivity index (χ0n) is 11.5. The molecule has 0 aliphatic heterocycles. The highest BCUT2D eigenvalue weighted by Gasteiger charge is 2.26. The lowest BCUT2D eigenvalue weighted by atomic mass is 10.1. The number of methoxy groups -OCH3 is 2. The summed E-state index contributed by atoms with van der Waals surface area (Å²) in [6, 6.07) is 2.29. The van der Waals surface area contributed by atoms with E-state index in [2.05, 4.69) is 10.3 Å². The number of hydrogen-bond acceptors (Lipinski definition) is 4. The lowest BCUT2D eigenvalue weighted by Gasteiger charge is -2.19. The molecule has 106 valence electrons. The fraction of sp³-hybridized carbons (Fsp3) is 0.643. The first-order valence-corrected chi connectivity index (χ1v) is 7.18. The number of nitrogens with one attached hydrogen (secondary N) is 1. The summed E-state index contributed by atoms with van der Waals surface area (Å²) in [6.45, 7) is 0.679. The Hall–Kier alpha value is -1.00. The van der Waals surface area contributed by atoms with Crippen LogP contribution in [0.25, 0.3) is 0 Å². The van der Waals surface area contributed by atoms with Gasteiger partial charge in [-0.15, -0.1) is 11.6 Å². The van der Waals surface area contributed by atoms with E-state index in [0.29, 0.717) is 24.3 Å². The van der Waals surface area contributed by atoms with Crippen LogP contribution < -0.4 is 14.8 Å². The highest BCUT2D eigenvalue weighted by molar-refractivity contribution is 6.18. The van der Waals surface area contributed by atoms with Gasteiger partial charge < -0.3 is 14.8 Å². The molecule has 0 aromatic carbocycles. The van der Waals surface area contributed by atoms with Crippen molar-refractivity contribution < 1.29 is 9.47 Å². The van der Waals surface area contributed by atoms with Gasteiger partial charge in [-0.05, 0) is 18.8 Å². The summed E-state index contributed by atoms with van der Waals surface area (Å²) in [4.78, 5) is 4.37. The minimum absolute atomic E-state index is 0.482. The van der Waals surface area contributed by atoms with Crippen LogP contribution in [0.4, 0.5) is 0 Å². The molecule has 0 spiro atoms. The van der Waals surface area contributed by atoms with Crippen LogP contribution in [-0.4, -0.2) is 31.1 Å². The Bertz CT molecular complexity index is 414. The highest BCUT2D eigenvalue weighted by atomic mass is 35.5. The Morgan fingerprint density at radius 1 is 1.37 bits per heavy atom. The van der Waals surface area contributed by atoms with Crippen LogP contribution >= 0.6 is 11.6 Å². The van der Waals surface area contributed by atoms with Crippen molar-refractivity contribution in [3.05, 3.63) is 18.0 Å². The van der Waals surface area contributed by atoms with E-state index >= 15 is 0 Å². The number of pyridine rings is 1. The van der Waals surface area contributed by atoms with E-state index in [1.54, 1.807) is 26.5 Å². The molecule has 19 heavy (non-hydrogen) atoms. The Balaban J connectivity index is 2.03. The Morgan fingerprint density at radius 3 is 2.89 bits per heavy atom. The maximum absolute atomic E-state index is 5.99. The number of ether oxygens (including phenoxy) is 2. The third-order valence-electron chi connectivity index (χ3n) is 3.76. The van der Waals surface area contributed by atoms with Crippen molar-refractivity contribution in [3.8, 4) is 11.5 Å². The van der Waals surface area contributed by atoms with Crippen molar-refractivity contribution in [2.75, 3.05) is 20.1 Å². The zero-order valence-corrected chi connectivity index (χ0v) is 12.2. The van der Waals surface area contributed by atoms with Crippen molar-refractivity contribution in [2.45, 2.75) is 31.8 Å². The van der Waals surface area contributed by atoms with E-state index in [1.165, 1.54) is 19.3 Å². The van der Waals surface area contributed by atoms with Gasteiger partial charge in [-0.3, -0.25) is 4.98 Å². The monoisotopic (exact) mass is 284 g/mol. The first-order chi connectivity index (χ1) is 9.30. The number of rotatable bonds is 6. The predicted octanol–water partition coefficient (Wildman–Crippen LogP) is 2.60. The van der Waals surface area contributed by atoms with E-state index in [0.717, 1.165) is 17.3 Å². The molecule has 0 bridgehead atoms. The molecule has 1 fully saturated rings. The fourth-order valence-corrected chi connectivity index (χ4v) is 3.06. The summed E-state index contributed by atoms with van der Waals surface area (Å²) in [7, 11) is 3.27. The third-order valence-corrected chi connectivity index (χ3v) is 4.15. The average molecular weight is 285 g/mol. The van der Waals surface area contributed by atoms with Gasteiger partial charge in [0.2, 0.25) is 0 Å². The molecule has 1 N–H and O–H groups in total. The summed E-state index contributed by atoms with van der Waals surface area (Å²) in [5.74, 6) is 2.71. The molecular formula is C14H21ClN2O2. The Kier molecular flexibility index (Phi) is 5.28. The van der Waals surface area contributed by atoms with Crippen molar-refractivity contribution in [2.24, 2.45) is 5.92 Å². The third kappa shape index (κ3) is 3.31. The molecule has 1 aromatic rings. The lowest BCUT2D eigenvalue weighted by Crippen LogP contribution is -2.33. The summed E-state index contributed by atoms with van der Waals surface area (Å²) < 4.78 is 10.7. The van der Waals surface area contributed by atoms with Gasteiger partial charge in [0.25, 0.3) is 0 Å². The van der Waals surface area contributed by atoms with Gasteiger partial charge in [0.15, 0.2) is 11.5 Å². The number of alkyl halides is 1. The van der Waals surface area contributed by atoms with Crippen LogP contribution in [-0.2, 0) is 6.54 Å². The SMILES string of the molecule is COc1ccnc(CNC2CCCC2CCl)c1OC. The van der Waals surface area contributed by atoms with Crippen LogP contribution in [0.15, 0.2) is 12.3 Å². The van der Waals surface area contributed by atoms with E-state index < -0.39 is 0 Å². The maximum Gasteiger partial charge on any atom is 0.183 e. The molecule has 2 rings (SSSR count). The van der Waals surface area contributed by atoms with E-state index in [-0.39, 0.29) is 0 Å². The largest absolute Gasteiger partial charge is 0.493 e. The molecule has 1 heterocycles. The summed E-state index contributed by atoms with van der Waals surface area (Å²) in [5, 5.41) is 3.54. The molecule has 2 atom stereocenters. The molecule has 0 saturated heterocycles. The first-order valence-electron chi connectivity index (χ1n) is 6.65. The predicted molar refractivity (Wildman–Crippen MR) is 76.0 cm³/mol. The topological polar surface area (TPSA) is 43.4 Å². The quantitative estimate of drug-likeness (QED) is 0.816. The molecule has 1 aliphatic carbocycles. The van der Waals surface area contributed by atoms with Crippen molar-refractivity contribution in [1.29, 1.82) is 0 Å². The molecular weight excluding hydrogens is 264 g/mol. The van der Waals surface area contributed by atoms with Gasteiger partial charge in [-0.25, -0.2) is 0 Å². The first kappa shape index (κ1) is 14.4. The van der Waals surface area contributed by atoms with Gasteiger partial charge in [0.1, 0.15) is 0 Å². The molecule has 0 radical (unpaired) electrons. The number of halogens is 1. The second-order valence-corrected chi connectivity index (χ2v) is 5.13. The number of hydrogen-bond donors (Lipinski definition) is 1. The highest BCUT2D eigenvalue weighted by Crippen LogP contribution is 2.30. The molecule has 5 heteroatoms. The van der Waals surface area contributed by atoms with Gasteiger partial charge in [-0.2, -0.15) is 0 Å². The van der Waals surface area contributed by atoms with E-state index in [9.17, 15) is 0 Å². The smallest absolute Gasteiger partial charge is 0.183 e. The molecule has 2 unspecified atom stereocenters. The van der Waals surface area contributed by atoms with Gasteiger partial charge in [0.05, 0.1) is 19.9 Å². The molecule has 1 aliphatic rings. The second-order valence-electron chi connectivity index (χ2n) is 4.83. The van der Waals surface area contributed by atoms with Crippen molar-refractivity contribution in [1.82, 2.24) is 10.3 Å². The van der Waals surface area contributed by atoms with Crippen LogP contribution in [0.5, 0.6) is 11.5 Å². The summed E-state index contributed by atoms with van der Waals surface area (Å²) >= 11 is 5.99. The van der Waals surface area contributed by atoms with Crippen LogP contribution in [0.1, 0.15) is 25.0 Å². The van der Waals surface area contributed by atoms with Crippen LogP contribution in [0.2, 0.25) is 0 Å². The summed E-state index contributed by atoms with van der Waals surface area (Å²) in [6.07, 6.45) is 5.39. The summed E-state index contributed by atoms with van der Waals surface area (Å²) in [5.41, 5.74) is 0.877. The number of nitrogens with zero attached hydrogens (tertiary/aromatic N) is 1. The van der Waals surface area contributed by atoms with Gasteiger partial charge in [0, 0.05) is 30.7 Å². The molecule has 1 aromatic heterocycles. The van der Waals surface area contributed by atoms with Gasteiger partial charge >= 0.3 is 0 Å².